The molecule has 4 heteroatoms. The molecule has 4 nitrogen and oxygen atoms in total. The lowest BCUT2D eigenvalue weighted by Crippen LogP contribution is -2.29. The van der Waals surface area contributed by atoms with E-state index >= 15 is 0 Å². The summed E-state index contributed by atoms with van der Waals surface area (Å²) in [5.74, 6) is -1.02. The Morgan fingerprint density at radius 2 is 2.29 bits per heavy atom. The molecule has 0 rings (SSSR count). The predicted octanol–water partition coefficient (Wildman–Crippen LogP) is -1.97. The number of primary amides is 1. The maximum Gasteiger partial charge on any atom is 0.253 e. The van der Waals surface area contributed by atoms with Crippen LogP contribution in [0.2, 0.25) is 0 Å². The van der Waals surface area contributed by atoms with E-state index in [1.54, 1.807) is 0 Å². The van der Waals surface area contributed by atoms with Crippen LogP contribution < -0.4 is 5.73 Å². The van der Waals surface area contributed by atoms with E-state index in [2.05, 4.69) is 5.73 Å². The van der Waals surface area contributed by atoms with E-state index in [0.717, 1.165) is 0 Å². The molecule has 0 radical (unpaired) electrons. The molecule has 0 aliphatic heterocycles. The molecule has 0 aliphatic carbocycles. The molecule has 1 amide bonds. The number of hydrogen-bond acceptors (Lipinski definition) is 3. The Kier molecular flexibility index (Phi) is 2.01. The summed E-state index contributed by atoms with van der Waals surface area (Å²) >= 11 is 0. The highest BCUT2D eigenvalue weighted by molar-refractivity contribution is 5.92. The molecule has 0 fully saturated rings. The van der Waals surface area contributed by atoms with Crippen LogP contribution in [-0.4, -0.2) is 23.4 Å². The lowest BCUT2D eigenvalue weighted by atomic mass is 10.4. The normalized spacial score (nSPS) is 12.7. The summed E-state index contributed by atoms with van der Waals surface area (Å²) in [5, 5.41) is 8.09. The topological polar surface area (TPSA) is 80.4 Å². The van der Waals surface area contributed by atoms with Gasteiger partial charge >= 0.3 is 0 Å². The standard InChI is InChI=1S/C3H5NO3/c4-3(7)2(6)1-5/h1-2,6H,(H2,4,7)/t2-/m0/s1. The van der Waals surface area contributed by atoms with Crippen molar-refractivity contribution in [2.45, 2.75) is 6.10 Å². The predicted molar refractivity (Wildman–Crippen MR) is 21.3 cm³/mol. The van der Waals surface area contributed by atoms with Gasteiger partial charge in [0.1, 0.15) is 0 Å². The molecule has 0 unspecified atom stereocenters. The fourth-order valence-electron chi connectivity index (χ4n) is 0.0671. The molecular weight excluding hydrogens is 98.0 g/mol. The van der Waals surface area contributed by atoms with Crippen LogP contribution in [0.25, 0.3) is 0 Å². The second-order valence-corrected chi connectivity index (χ2v) is 0.983. The van der Waals surface area contributed by atoms with E-state index < -0.39 is 12.0 Å². The van der Waals surface area contributed by atoms with Crippen molar-refractivity contribution in [3.8, 4) is 0 Å². The van der Waals surface area contributed by atoms with Gasteiger partial charge in [0.05, 0.1) is 0 Å². The van der Waals surface area contributed by atoms with Gasteiger partial charge in [-0.2, -0.15) is 0 Å². The maximum absolute atomic E-state index is 9.67. The first-order valence-corrected chi connectivity index (χ1v) is 1.61. The van der Waals surface area contributed by atoms with Crippen LogP contribution >= 0.6 is 0 Å². The SMILES string of the molecule is NC(=O)[C@@H](O)C=O. The molecule has 0 aromatic carbocycles. The van der Waals surface area contributed by atoms with Crippen LogP contribution in [0.15, 0.2) is 0 Å². The molecule has 0 saturated heterocycles. The smallest absolute Gasteiger partial charge is 0.253 e. The lowest BCUT2D eigenvalue weighted by Gasteiger charge is -1.89. The fourth-order valence-corrected chi connectivity index (χ4v) is 0.0671. The molecule has 1 atom stereocenters. The molecular formula is C3H5NO3. The number of carbonyl (C=O) groups excluding carboxylic acids is 2. The maximum atomic E-state index is 9.67. The van der Waals surface area contributed by atoms with Crippen LogP contribution in [0.3, 0.4) is 0 Å². The van der Waals surface area contributed by atoms with E-state index in [1.165, 1.54) is 0 Å². The minimum atomic E-state index is -1.64. The second kappa shape index (κ2) is 2.30. The Labute approximate surface area is 39.9 Å². The molecule has 40 valence electrons. The third kappa shape index (κ3) is 1.88. The van der Waals surface area contributed by atoms with Crippen LogP contribution in [-0.2, 0) is 9.59 Å². The molecule has 0 aliphatic rings. The number of aliphatic hydroxyl groups is 1. The van der Waals surface area contributed by atoms with Crippen molar-refractivity contribution >= 4 is 12.2 Å². The van der Waals surface area contributed by atoms with Gasteiger partial charge in [-0.1, -0.05) is 0 Å². The molecule has 0 aromatic heterocycles. The summed E-state index contributed by atoms with van der Waals surface area (Å²) in [4.78, 5) is 19.1. The van der Waals surface area contributed by atoms with Crippen LogP contribution in [0.5, 0.6) is 0 Å². The van der Waals surface area contributed by atoms with Crippen molar-refractivity contribution in [2.24, 2.45) is 5.73 Å². The average Bonchev–Trinajstić information content (AvgIpc) is 1.65. The Hall–Kier alpha value is -0.900. The quantitative estimate of drug-likeness (QED) is 0.314. The van der Waals surface area contributed by atoms with Crippen molar-refractivity contribution in [2.75, 3.05) is 0 Å². The van der Waals surface area contributed by atoms with E-state index in [0.29, 0.717) is 0 Å². The highest BCUT2D eigenvalue weighted by atomic mass is 16.3. The molecule has 7 heavy (non-hydrogen) atoms. The summed E-state index contributed by atoms with van der Waals surface area (Å²) in [7, 11) is 0. The summed E-state index contributed by atoms with van der Waals surface area (Å²) in [6.45, 7) is 0. The molecule has 3 N–H and O–H groups in total. The minimum absolute atomic E-state index is 0.0718. The molecule has 0 bridgehead atoms. The number of carbonyl (C=O) groups is 2. The van der Waals surface area contributed by atoms with Crippen molar-refractivity contribution in [3.63, 3.8) is 0 Å². The number of hydrogen-bond donors (Lipinski definition) is 2. The van der Waals surface area contributed by atoms with Gasteiger partial charge in [-0.25, -0.2) is 0 Å². The van der Waals surface area contributed by atoms with Crippen LogP contribution in [0.1, 0.15) is 0 Å². The van der Waals surface area contributed by atoms with E-state index in [1.807, 2.05) is 0 Å². The lowest BCUT2D eigenvalue weighted by molar-refractivity contribution is -0.131. The summed E-state index contributed by atoms with van der Waals surface area (Å²) < 4.78 is 0. The monoisotopic (exact) mass is 103 g/mol. The largest absolute Gasteiger partial charge is 0.376 e. The first-order valence-electron chi connectivity index (χ1n) is 1.61. The fraction of sp³-hybridized carbons (Fsp3) is 0.333. The number of amides is 1. The van der Waals surface area contributed by atoms with E-state index in [-0.39, 0.29) is 6.29 Å². The zero-order valence-electron chi connectivity index (χ0n) is 3.50. The number of rotatable bonds is 2. The van der Waals surface area contributed by atoms with Crippen molar-refractivity contribution in [1.82, 2.24) is 0 Å². The van der Waals surface area contributed by atoms with Crippen molar-refractivity contribution in [3.05, 3.63) is 0 Å². The third-order valence-corrected chi connectivity index (χ3v) is 0.420. The van der Waals surface area contributed by atoms with Gasteiger partial charge in [-0.05, 0) is 0 Å². The Morgan fingerprint density at radius 3 is 2.29 bits per heavy atom. The first-order chi connectivity index (χ1) is 3.18. The Morgan fingerprint density at radius 1 is 1.86 bits per heavy atom. The van der Waals surface area contributed by atoms with E-state index in [9.17, 15) is 9.59 Å². The molecule has 0 aromatic rings. The second-order valence-electron chi connectivity index (χ2n) is 0.983. The Bertz CT molecular complexity index is 90.2. The highest BCUT2D eigenvalue weighted by Crippen LogP contribution is 1.67. The average molecular weight is 103 g/mol. The zero-order chi connectivity index (χ0) is 5.86. The third-order valence-electron chi connectivity index (χ3n) is 0.420. The number of aldehydes is 1. The van der Waals surface area contributed by atoms with Crippen molar-refractivity contribution < 1.29 is 14.7 Å². The zero-order valence-corrected chi connectivity index (χ0v) is 3.50. The summed E-state index contributed by atoms with van der Waals surface area (Å²) in [6, 6.07) is 0. The van der Waals surface area contributed by atoms with Crippen molar-refractivity contribution in [1.29, 1.82) is 0 Å². The number of nitrogens with two attached hydrogens (primary N) is 1. The molecule has 0 heterocycles. The first kappa shape index (κ1) is 6.10. The van der Waals surface area contributed by atoms with Gasteiger partial charge in [0.25, 0.3) is 5.91 Å². The van der Waals surface area contributed by atoms with Crippen LogP contribution in [0, 0.1) is 0 Å². The number of aliphatic hydroxyl groups excluding tert-OH is 1. The summed E-state index contributed by atoms with van der Waals surface area (Å²) in [6.07, 6.45) is -1.57. The van der Waals surface area contributed by atoms with Gasteiger partial charge in [0, 0.05) is 0 Å². The van der Waals surface area contributed by atoms with E-state index in [4.69, 9.17) is 5.11 Å². The Balaban J connectivity index is 3.55. The van der Waals surface area contributed by atoms with Crippen LogP contribution in [0.4, 0.5) is 0 Å². The van der Waals surface area contributed by atoms with Gasteiger partial charge in [0.2, 0.25) is 0 Å². The van der Waals surface area contributed by atoms with Gasteiger partial charge in [-0.3, -0.25) is 9.59 Å². The van der Waals surface area contributed by atoms with Gasteiger partial charge < -0.3 is 10.8 Å². The van der Waals surface area contributed by atoms with Gasteiger partial charge in [0.15, 0.2) is 12.4 Å². The summed E-state index contributed by atoms with van der Waals surface area (Å²) in [5.41, 5.74) is 4.43. The molecule has 0 spiro atoms. The van der Waals surface area contributed by atoms with Gasteiger partial charge in [-0.15, -0.1) is 0 Å². The minimum Gasteiger partial charge on any atom is -0.376 e. The highest BCUT2D eigenvalue weighted by Gasteiger charge is 2.05. The molecule has 0 saturated carbocycles.